The van der Waals surface area contributed by atoms with Gasteiger partial charge in [0, 0.05) is 36.8 Å². The summed E-state index contributed by atoms with van der Waals surface area (Å²) in [6.07, 6.45) is -4.26. The molecule has 1 saturated heterocycles. The molecule has 0 saturated carbocycles. The molecule has 3 rings (SSSR count). The van der Waals surface area contributed by atoms with Crippen LogP contribution < -0.4 is 10.1 Å². The number of carbonyl (C=O) groups excluding carboxylic acids is 2. The smallest absolute Gasteiger partial charge is 0.406 e. The highest BCUT2D eigenvalue weighted by Gasteiger charge is 2.32. The molecule has 0 atom stereocenters. The molecule has 0 aliphatic carbocycles. The molecule has 1 aliphatic rings. The largest absolute Gasteiger partial charge is 0.573 e. The van der Waals surface area contributed by atoms with Gasteiger partial charge < -0.3 is 15.0 Å². The van der Waals surface area contributed by atoms with E-state index in [-0.39, 0.29) is 24.3 Å². The van der Waals surface area contributed by atoms with Gasteiger partial charge in [-0.3, -0.25) is 9.59 Å². The normalized spacial score (nSPS) is 15.0. The van der Waals surface area contributed by atoms with Gasteiger partial charge in [0.25, 0.3) is 5.91 Å². The number of rotatable bonds is 4. The van der Waals surface area contributed by atoms with Crippen LogP contribution in [0, 0.1) is 17.6 Å². The second kappa shape index (κ2) is 8.68. The number of halogens is 5. The first-order chi connectivity index (χ1) is 14.1. The van der Waals surface area contributed by atoms with E-state index in [1.165, 1.54) is 17.0 Å². The highest BCUT2D eigenvalue weighted by molar-refractivity contribution is 5.95. The Morgan fingerprint density at radius 1 is 1.03 bits per heavy atom. The lowest BCUT2D eigenvalue weighted by Crippen LogP contribution is -2.41. The summed E-state index contributed by atoms with van der Waals surface area (Å²) in [4.78, 5) is 26.2. The molecule has 160 valence electrons. The van der Waals surface area contributed by atoms with Gasteiger partial charge in [0.05, 0.1) is 5.56 Å². The number of nitrogens with zero attached hydrogens (tertiary/aromatic N) is 1. The zero-order valence-corrected chi connectivity index (χ0v) is 15.5. The molecule has 30 heavy (non-hydrogen) atoms. The Morgan fingerprint density at radius 3 is 2.37 bits per heavy atom. The summed E-state index contributed by atoms with van der Waals surface area (Å²) < 4.78 is 67.6. The van der Waals surface area contributed by atoms with E-state index in [0.29, 0.717) is 18.9 Å². The van der Waals surface area contributed by atoms with Gasteiger partial charge in [0.15, 0.2) is 0 Å². The summed E-state index contributed by atoms with van der Waals surface area (Å²) in [5, 5.41) is 2.54. The van der Waals surface area contributed by atoms with E-state index in [2.05, 4.69) is 10.1 Å². The molecular formula is C20H17F5N2O3. The molecule has 1 heterocycles. The summed E-state index contributed by atoms with van der Waals surface area (Å²) in [6, 6.07) is 7.61. The van der Waals surface area contributed by atoms with Crippen molar-refractivity contribution in [2.24, 2.45) is 5.92 Å². The van der Waals surface area contributed by atoms with Crippen molar-refractivity contribution in [3.8, 4) is 5.75 Å². The fourth-order valence-electron chi connectivity index (χ4n) is 3.19. The maximum atomic E-state index is 13.8. The van der Waals surface area contributed by atoms with Crippen molar-refractivity contribution in [2.45, 2.75) is 19.2 Å². The molecule has 0 spiro atoms. The van der Waals surface area contributed by atoms with E-state index >= 15 is 0 Å². The number of hydrogen-bond donors (Lipinski definition) is 1. The van der Waals surface area contributed by atoms with Crippen molar-refractivity contribution in [1.82, 2.24) is 4.90 Å². The summed E-state index contributed by atoms with van der Waals surface area (Å²) in [6.45, 7) is 0.371. The molecule has 2 aromatic carbocycles. The van der Waals surface area contributed by atoms with Crippen LogP contribution >= 0.6 is 0 Å². The Balaban J connectivity index is 1.57. The molecule has 0 unspecified atom stereocenters. The Bertz CT molecular complexity index is 940. The molecule has 1 N–H and O–H groups in total. The Kier molecular flexibility index (Phi) is 6.23. The molecule has 1 aliphatic heterocycles. The zero-order chi connectivity index (χ0) is 21.9. The average molecular weight is 428 g/mol. The van der Waals surface area contributed by atoms with E-state index in [9.17, 15) is 31.5 Å². The second-order valence-corrected chi connectivity index (χ2v) is 6.76. The number of carbonyl (C=O) groups is 2. The van der Waals surface area contributed by atoms with Crippen LogP contribution in [-0.2, 0) is 4.79 Å². The van der Waals surface area contributed by atoms with Gasteiger partial charge in [-0.1, -0.05) is 6.07 Å². The minimum absolute atomic E-state index is 0.147. The number of anilines is 1. The van der Waals surface area contributed by atoms with Gasteiger partial charge >= 0.3 is 6.36 Å². The standard InChI is InChI=1S/C20H17F5N2O3/c21-13-4-5-16(17(22)10-13)19(29)27-8-6-12(7-9-27)18(28)26-14-2-1-3-15(11-14)30-20(23,24)25/h1-5,10-12H,6-9H2,(H,26,28). The van der Waals surface area contributed by atoms with Crippen LogP contribution in [0.5, 0.6) is 5.75 Å². The lowest BCUT2D eigenvalue weighted by molar-refractivity contribution is -0.274. The van der Waals surface area contributed by atoms with Crippen LogP contribution in [0.4, 0.5) is 27.6 Å². The molecule has 10 heteroatoms. The first-order valence-corrected chi connectivity index (χ1v) is 9.03. The van der Waals surface area contributed by atoms with Gasteiger partial charge in [-0.15, -0.1) is 13.2 Å². The van der Waals surface area contributed by atoms with Crippen molar-refractivity contribution < 1.29 is 36.3 Å². The zero-order valence-electron chi connectivity index (χ0n) is 15.5. The minimum atomic E-state index is -4.84. The highest BCUT2D eigenvalue weighted by Crippen LogP contribution is 2.26. The maximum absolute atomic E-state index is 13.8. The first-order valence-electron chi connectivity index (χ1n) is 9.03. The van der Waals surface area contributed by atoms with Crippen molar-refractivity contribution in [3.05, 3.63) is 59.7 Å². The lowest BCUT2D eigenvalue weighted by Gasteiger charge is -2.31. The van der Waals surface area contributed by atoms with E-state index in [4.69, 9.17) is 0 Å². The number of benzene rings is 2. The van der Waals surface area contributed by atoms with Crippen LogP contribution in [0.25, 0.3) is 0 Å². The monoisotopic (exact) mass is 428 g/mol. The van der Waals surface area contributed by atoms with Crippen LogP contribution in [0.15, 0.2) is 42.5 Å². The van der Waals surface area contributed by atoms with Crippen LogP contribution in [0.1, 0.15) is 23.2 Å². The topological polar surface area (TPSA) is 58.6 Å². The van der Waals surface area contributed by atoms with Gasteiger partial charge in [-0.2, -0.15) is 0 Å². The third-order valence-corrected chi connectivity index (χ3v) is 4.65. The van der Waals surface area contributed by atoms with Crippen molar-refractivity contribution in [3.63, 3.8) is 0 Å². The van der Waals surface area contributed by atoms with Crippen LogP contribution in [-0.4, -0.2) is 36.2 Å². The van der Waals surface area contributed by atoms with Gasteiger partial charge in [-0.05, 0) is 37.1 Å². The minimum Gasteiger partial charge on any atom is -0.406 e. The highest BCUT2D eigenvalue weighted by atomic mass is 19.4. The first kappa shape index (κ1) is 21.5. The summed E-state index contributed by atoms with van der Waals surface area (Å²) in [5.41, 5.74) is -0.102. The molecule has 1 fully saturated rings. The predicted molar refractivity (Wildman–Crippen MR) is 96.7 cm³/mol. The van der Waals surface area contributed by atoms with E-state index < -0.39 is 41.5 Å². The summed E-state index contributed by atoms with van der Waals surface area (Å²) in [5.74, 6) is -3.67. The third kappa shape index (κ3) is 5.46. The van der Waals surface area contributed by atoms with Crippen molar-refractivity contribution >= 4 is 17.5 Å². The van der Waals surface area contributed by atoms with Gasteiger partial charge in [-0.25, -0.2) is 8.78 Å². The second-order valence-electron chi connectivity index (χ2n) is 6.76. The van der Waals surface area contributed by atoms with Crippen LogP contribution in [0.3, 0.4) is 0 Å². The third-order valence-electron chi connectivity index (χ3n) is 4.65. The quantitative estimate of drug-likeness (QED) is 0.737. The maximum Gasteiger partial charge on any atom is 0.573 e. The number of ether oxygens (including phenoxy) is 1. The van der Waals surface area contributed by atoms with E-state index in [1.54, 1.807) is 0 Å². The molecule has 0 radical (unpaired) electrons. The van der Waals surface area contributed by atoms with Gasteiger partial charge in [0.2, 0.25) is 5.91 Å². The van der Waals surface area contributed by atoms with Crippen LogP contribution in [0.2, 0.25) is 0 Å². The lowest BCUT2D eigenvalue weighted by atomic mass is 9.95. The van der Waals surface area contributed by atoms with E-state index in [1.807, 2.05) is 0 Å². The van der Waals surface area contributed by atoms with E-state index in [0.717, 1.165) is 24.3 Å². The number of amides is 2. The fraction of sp³-hybridized carbons (Fsp3) is 0.300. The molecular weight excluding hydrogens is 411 g/mol. The Morgan fingerprint density at radius 2 is 1.73 bits per heavy atom. The average Bonchev–Trinajstić information content (AvgIpc) is 2.66. The molecule has 2 aromatic rings. The van der Waals surface area contributed by atoms with Crippen molar-refractivity contribution in [2.75, 3.05) is 18.4 Å². The molecule has 0 bridgehead atoms. The number of hydrogen-bond acceptors (Lipinski definition) is 3. The summed E-state index contributed by atoms with van der Waals surface area (Å²) in [7, 11) is 0. The Labute approximate surface area is 168 Å². The predicted octanol–water partition coefficient (Wildman–Crippen LogP) is 4.35. The number of piperidine rings is 1. The molecule has 0 aromatic heterocycles. The van der Waals surface area contributed by atoms with Crippen molar-refractivity contribution in [1.29, 1.82) is 0 Å². The SMILES string of the molecule is O=C(Nc1cccc(OC(F)(F)F)c1)C1CCN(C(=O)c2ccc(F)cc2F)CC1. The molecule has 2 amide bonds. The fourth-order valence-corrected chi connectivity index (χ4v) is 3.19. The number of alkyl halides is 3. The molecule has 5 nitrogen and oxygen atoms in total. The number of likely N-dealkylation sites (tertiary alicyclic amines) is 1. The summed E-state index contributed by atoms with van der Waals surface area (Å²) >= 11 is 0. The number of nitrogens with one attached hydrogen (secondary N) is 1. The van der Waals surface area contributed by atoms with Gasteiger partial charge in [0.1, 0.15) is 17.4 Å². The Hall–Kier alpha value is -3.17.